The lowest BCUT2D eigenvalue weighted by molar-refractivity contribution is -0.140. The van der Waals surface area contributed by atoms with Gasteiger partial charge in [-0.15, -0.1) is 5.10 Å². The summed E-state index contributed by atoms with van der Waals surface area (Å²) in [5, 5.41) is 6.39. The highest BCUT2D eigenvalue weighted by molar-refractivity contribution is 6.33. The van der Waals surface area contributed by atoms with Crippen LogP contribution in [0.15, 0.2) is 35.1 Å². The predicted octanol–water partition coefficient (Wildman–Crippen LogP) is 4.84. The molecule has 0 bridgehead atoms. The number of benzene rings is 2. The Morgan fingerprint density at radius 3 is 2.39 bits per heavy atom. The molecule has 0 aliphatic heterocycles. The fraction of sp³-hybridized carbons (Fsp3) is 0.286. The Morgan fingerprint density at radius 2 is 1.79 bits per heavy atom. The van der Waals surface area contributed by atoms with Crippen molar-refractivity contribution >= 4 is 17.5 Å². The summed E-state index contributed by atoms with van der Waals surface area (Å²) >= 11 is 6.09. The number of halogens is 6. The summed E-state index contributed by atoms with van der Waals surface area (Å²) in [6.45, 7) is 4.87. The molecule has 1 amide bonds. The van der Waals surface area contributed by atoms with Gasteiger partial charge >= 0.3 is 11.9 Å². The molecule has 0 saturated carbocycles. The summed E-state index contributed by atoms with van der Waals surface area (Å²) in [5.74, 6) is -2.70. The Balaban J connectivity index is 2.00. The summed E-state index contributed by atoms with van der Waals surface area (Å²) in [7, 11) is 0. The number of rotatable bonds is 4. The summed E-state index contributed by atoms with van der Waals surface area (Å²) in [6.07, 6.45) is -4.98. The van der Waals surface area contributed by atoms with Crippen LogP contribution in [0.25, 0.3) is 17.1 Å². The van der Waals surface area contributed by atoms with E-state index < -0.39 is 34.5 Å². The molecule has 0 spiro atoms. The molecule has 0 aliphatic rings. The van der Waals surface area contributed by atoms with Crippen molar-refractivity contribution in [2.45, 2.75) is 33.5 Å². The second kappa shape index (κ2) is 8.62. The third-order valence-electron chi connectivity index (χ3n) is 4.63. The Hall–Kier alpha value is -3.21. The molecule has 3 rings (SSSR count). The SMILES string of the molecule is CC(C)(C)C(=O)NCc1cc(-c2nn(-c3ccc(F)c(C(F)(F)F)c3)c(=O)[nH]2)c(Cl)cc1F. The second-order valence-corrected chi connectivity index (χ2v) is 8.62. The van der Waals surface area contributed by atoms with Crippen molar-refractivity contribution in [1.82, 2.24) is 20.1 Å². The largest absolute Gasteiger partial charge is 0.419 e. The van der Waals surface area contributed by atoms with E-state index in [4.69, 9.17) is 11.6 Å². The van der Waals surface area contributed by atoms with Crippen molar-refractivity contribution in [3.8, 4) is 17.1 Å². The molecule has 0 radical (unpaired) electrons. The Kier molecular flexibility index (Phi) is 6.38. The van der Waals surface area contributed by atoms with Crippen LogP contribution in [-0.2, 0) is 17.5 Å². The number of hydrogen-bond acceptors (Lipinski definition) is 3. The molecular weight excluding hydrogens is 471 g/mol. The number of alkyl halides is 3. The Morgan fingerprint density at radius 1 is 1.12 bits per heavy atom. The number of carbonyl (C=O) groups is 1. The van der Waals surface area contributed by atoms with E-state index in [0.29, 0.717) is 16.8 Å². The fourth-order valence-electron chi connectivity index (χ4n) is 2.83. The van der Waals surface area contributed by atoms with E-state index in [-0.39, 0.29) is 40.1 Å². The van der Waals surface area contributed by atoms with Crippen LogP contribution >= 0.6 is 11.6 Å². The fourth-order valence-corrected chi connectivity index (χ4v) is 3.07. The van der Waals surface area contributed by atoms with Gasteiger partial charge in [-0.2, -0.15) is 17.9 Å². The van der Waals surface area contributed by atoms with Gasteiger partial charge in [0.05, 0.1) is 16.3 Å². The molecule has 2 N–H and O–H groups in total. The lowest BCUT2D eigenvalue weighted by Gasteiger charge is -2.18. The first-order valence-corrected chi connectivity index (χ1v) is 9.89. The number of H-pyrrole nitrogens is 1. The first-order chi connectivity index (χ1) is 15.2. The molecule has 0 fully saturated rings. The zero-order chi connectivity index (χ0) is 24.7. The maximum absolute atomic E-state index is 14.4. The van der Waals surface area contributed by atoms with Crippen molar-refractivity contribution in [3.05, 3.63) is 68.6 Å². The van der Waals surface area contributed by atoms with Gasteiger partial charge in [-0.3, -0.25) is 9.78 Å². The van der Waals surface area contributed by atoms with Crippen LogP contribution in [0.3, 0.4) is 0 Å². The van der Waals surface area contributed by atoms with E-state index in [9.17, 15) is 31.5 Å². The molecule has 12 heteroatoms. The number of nitrogens with zero attached hydrogens (tertiary/aromatic N) is 2. The molecule has 0 atom stereocenters. The molecular formula is C21H18ClF5N4O2. The highest BCUT2D eigenvalue weighted by Crippen LogP contribution is 2.33. The van der Waals surface area contributed by atoms with E-state index in [1.807, 2.05) is 0 Å². The standard InChI is InChI=1S/C21H18ClF5N4O2/c1-20(2,3)18(32)28-9-10-6-12(14(22)8-16(10)24)17-29-19(33)31(30-17)11-4-5-15(23)13(7-11)21(25,26)27/h4-8H,9H2,1-3H3,(H,28,32)(H,29,30,33). The summed E-state index contributed by atoms with van der Waals surface area (Å²) < 4.78 is 67.6. The molecule has 3 aromatic rings. The number of aromatic nitrogens is 3. The molecule has 1 heterocycles. The monoisotopic (exact) mass is 488 g/mol. The zero-order valence-corrected chi connectivity index (χ0v) is 18.3. The molecule has 0 saturated heterocycles. The van der Waals surface area contributed by atoms with Crippen LogP contribution in [0.4, 0.5) is 22.0 Å². The quantitative estimate of drug-likeness (QED) is 0.516. The molecule has 176 valence electrons. The minimum Gasteiger partial charge on any atom is -0.351 e. The minimum absolute atomic E-state index is 0.0449. The lowest BCUT2D eigenvalue weighted by Crippen LogP contribution is -2.34. The van der Waals surface area contributed by atoms with Crippen molar-refractivity contribution < 1.29 is 26.7 Å². The minimum atomic E-state index is -4.98. The third kappa shape index (κ3) is 5.24. The third-order valence-corrected chi connectivity index (χ3v) is 4.94. The van der Waals surface area contributed by atoms with Gasteiger partial charge in [-0.25, -0.2) is 13.6 Å². The number of aromatic amines is 1. The number of amides is 1. The van der Waals surface area contributed by atoms with E-state index >= 15 is 0 Å². The van der Waals surface area contributed by atoms with Crippen LogP contribution in [0.5, 0.6) is 0 Å². The van der Waals surface area contributed by atoms with Gasteiger partial charge in [0, 0.05) is 23.1 Å². The van der Waals surface area contributed by atoms with Crippen molar-refractivity contribution in [1.29, 1.82) is 0 Å². The maximum Gasteiger partial charge on any atom is 0.419 e. The van der Waals surface area contributed by atoms with Gasteiger partial charge in [-0.05, 0) is 30.3 Å². The maximum atomic E-state index is 14.4. The molecule has 1 aromatic heterocycles. The lowest BCUT2D eigenvalue weighted by atomic mass is 9.95. The van der Waals surface area contributed by atoms with Crippen LogP contribution in [0.1, 0.15) is 31.9 Å². The summed E-state index contributed by atoms with van der Waals surface area (Å²) in [5.41, 5.74) is -3.41. The van der Waals surface area contributed by atoms with E-state index in [1.54, 1.807) is 20.8 Å². The topological polar surface area (TPSA) is 79.8 Å². The van der Waals surface area contributed by atoms with Crippen molar-refractivity contribution in [3.63, 3.8) is 0 Å². The molecule has 6 nitrogen and oxygen atoms in total. The number of nitrogens with one attached hydrogen (secondary N) is 2. The first-order valence-electron chi connectivity index (χ1n) is 9.51. The van der Waals surface area contributed by atoms with Gasteiger partial charge in [0.25, 0.3) is 0 Å². The zero-order valence-electron chi connectivity index (χ0n) is 17.6. The van der Waals surface area contributed by atoms with Crippen LogP contribution in [-0.4, -0.2) is 20.7 Å². The highest BCUT2D eigenvalue weighted by Gasteiger charge is 2.34. The van der Waals surface area contributed by atoms with Crippen LogP contribution < -0.4 is 11.0 Å². The van der Waals surface area contributed by atoms with Crippen LogP contribution in [0, 0.1) is 17.0 Å². The average Bonchev–Trinajstić information content (AvgIpc) is 3.07. The van der Waals surface area contributed by atoms with Crippen molar-refractivity contribution in [2.24, 2.45) is 5.41 Å². The Labute approximate surface area is 189 Å². The smallest absolute Gasteiger partial charge is 0.351 e. The molecule has 33 heavy (non-hydrogen) atoms. The van der Waals surface area contributed by atoms with Crippen LogP contribution in [0.2, 0.25) is 5.02 Å². The highest BCUT2D eigenvalue weighted by atomic mass is 35.5. The first kappa shape index (κ1) is 24.4. The van der Waals surface area contributed by atoms with Gasteiger partial charge in [0.15, 0.2) is 5.82 Å². The van der Waals surface area contributed by atoms with E-state index in [0.717, 1.165) is 12.1 Å². The van der Waals surface area contributed by atoms with Crippen molar-refractivity contribution in [2.75, 3.05) is 0 Å². The number of carbonyl (C=O) groups excluding carboxylic acids is 1. The van der Waals surface area contributed by atoms with E-state index in [2.05, 4.69) is 15.4 Å². The summed E-state index contributed by atoms with van der Waals surface area (Å²) in [6, 6.07) is 4.19. The van der Waals surface area contributed by atoms with Gasteiger partial charge in [-0.1, -0.05) is 32.4 Å². The predicted molar refractivity (Wildman–Crippen MR) is 111 cm³/mol. The average molecular weight is 489 g/mol. The van der Waals surface area contributed by atoms with Gasteiger partial charge < -0.3 is 5.32 Å². The number of hydrogen-bond donors (Lipinski definition) is 2. The normalized spacial score (nSPS) is 12.2. The van der Waals surface area contributed by atoms with E-state index in [1.165, 1.54) is 6.07 Å². The molecule has 0 unspecified atom stereocenters. The molecule has 2 aromatic carbocycles. The van der Waals surface area contributed by atoms with Gasteiger partial charge in [0.2, 0.25) is 5.91 Å². The molecule has 0 aliphatic carbocycles. The van der Waals surface area contributed by atoms with Gasteiger partial charge in [0.1, 0.15) is 11.6 Å². The second-order valence-electron chi connectivity index (χ2n) is 8.21. The summed E-state index contributed by atoms with van der Waals surface area (Å²) in [4.78, 5) is 26.7. The Bertz CT molecular complexity index is 1280.